The summed E-state index contributed by atoms with van der Waals surface area (Å²) in [6, 6.07) is 6.85. The lowest BCUT2D eigenvalue weighted by Crippen LogP contribution is -2.07. The van der Waals surface area contributed by atoms with Gasteiger partial charge in [0.25, 0.3) is 0 Å². The van der Waals surface area contributed by atoms with E-state index in [1.165, 1.54) is 0 Å². The Bertz CT molecular complexity index is 1050. The van der Waals surface area contributed by atoms with Crippen LogP contribution >= 0.6 is 0 Å². The monoisotopic (exact) mass is 405 g/mol. The Morgan fingerprint density at radius 1 is 1.07 bits per heavy atom. The van der Waals surface area contributed by atoms with Crippen molar-refractivity contribution in [2.75, 3.05) is 0 Å². The Hall–Kier alpha value is -2.72. The molecule has 7 heteroatoms. The van der Waals surface area contributed by atoms with Crippen molar-refractivity contribution in [2.24, 2.45) is 0 Å². The molecule has 0 aliphatic rings. The standard InChI is InChI=1S/C21H21F2NO3S/c1-12(2)17-8-14(9-18(13(3)4)21(17)25)7-16(11-24)28(26,27)20-6-5-15(22)10-19(20)23/h5-10,12-13,25H,1-4H3/b16-7-. The summed E-state index contributed by atoms with van der Waals surface area (Å²) in [5.74, 6) is -2.13. The summed E-state index contributed by atoms with van der Waals surface area (Å²) < 4.78 is 52.5. The number of benzene rings is 2. The fourth-order valence-electron chi connectivity index (χ4n) is 2.80. The highest BCUT2D eigenvalue weighted by Gasteiger charge is 2.25. The molecule has 2 rings (SSSR count). The van der Waals surface area contributed by atoms with Gasteiger partial charge in [0, 0.05) is 6.07 Å². The first-order chi connectivity index (χ1) is 13.0. The van der Waals surface area contributed by atoms with Crippen molar-refractivity contribution in [1.82, 2.24) is 0 Å². The minimum Gasteiger partial charge on any atom is -0.507 e. The van der Waals surface area contributed by atoms with E-state index in [0.29, 0.717) is 22.8 Å². The van der Waals surface area contributed by atoms with Crippen LogP contribution in [0.1, 0.15) is 56.2 Å². The molecular formula is C21H21F2NO3S. The lowest BCUT2D eigenvalue weighted by Gasteiger charge is -2.16. The van der Waals surface area contributed by atoms with Crippen molar-refractivity contribution in [1.29, 1.82) is 5.26 Å². The van der Waals surface area contributed by atoms with Crippen LogP contribution < -0.4 is 0 Å². The van der Waals surface area contributed by atoms with Crippen LogP contribution in [0.4, 0.5) is 8.78 Å². The third-order valence-electron chi connectivity index (χ3n) is 4.32. The Labute approximate surface area is 163 Å². The van der Waals surface area contributed by atoms with Gasteiger partial charge in [0.1, 0.15) is 33.3 Å². The number of nitriles is 1. The molecule has 0 radical (unpaired) electrons. The van der Waals surface area contributed by atoms with Crippen molar-refractivity contribution >= 4 is 15.9 Å². The molecule has 1 N–H and O–H groups in total. The number of phenolic OH excluding ortho intramolecular Hbond substituents is 1. The van der Waals surface area contributed by atoms with Crippen molar-refractivity contribution in [3.63, 3.8) is 0 Å². The molecule has 0 amide bonds. The summed E-state index contributed by atoms with van der Waals surface area (Å²) in [6.45, 7) is 7.51. The third-order valence-corrected chi connectivity index (χ3v) is 6.01. The lowest BCUT2D eigenvalue weighted by molar-refractivity contribution is 0.454. The maximum atomic E-state index is 14.0. The van der Waals surface area contributed by atoms with Gasteiger partial charge in [-0.05, 0) is 58.9 Å². The van der Waals surface area contributed by atoms with Crippen LogP contribution in [0.25, 0.3) is 6.08 Å². The Balaban J connectivity index is 2.69. The summed E-state index contributed by atoms with van der Waals surface area (Å²) in [7, 11) is -4.48. The van der Waals surface area contributed by atoms with Gasteiger partial charge in [-0.1, -0.05) is 27.7 Å². The van der Waals surface area contributed by atoms with Gasteiger partial charge < -0.3 is 5.11 Å². The highest BCUT2D eigenvalue weighted by molar-refractivity contribution is 7.95. The number of halogens is 2. The molecule has 148 valence electrons. The summed E-state index contributed by atoms with van der Waals surface area (Å²) in [5, 5.41) is 19.9. The second-order valence-electron chi connectivity index (χ2n) is 7.06. The fourth-order valence-corrected chi connectivity index (χ4v) is 4.01. The largest absolute Gasteiger partial charge is 0.507 e. The molecule has 0 bridgehead atoms. The second-order valence-corrected chi connectivity index (χ2v) is 8.94. The number of aromatic hydroxyl groups is 1. The van der Waals surface area contributed by atoms with E-state index in [2.05, 4.69) is 0 Å². The van der Waals surface area contributed by atoms with Gasteiger partial charge in [-0.2, -0.15) is 5.26 Å². The van der Waals surface area contributed by atoms with Crippen LogP contribution in [-0.2, 0) is 9.84 Å². The Kier molecular flexibility index (Phi) is 6.25. The zero-order chi connectivity index (χ0) is 21.2. The molecule has 4 nitrogen and oxygen atoms in total. The van der Waals surface area contributed by atoms with Crippen molar-refractivity contribution in [3.8, 4) is 11.8 Å². The highest BCUT2D eigenvalue weighted by atomic mass is 32.2. The minimum absolute atomic E-state index is 0.0393. The number of allylic oxidation sites excluding steroid dienone is 1. The Morgan fingerprint density at radius 3 is 2.04 bits per heavy atom. The molecule has 0 saturated heterocycles. The zero-order valence-corrected chi connectivity index (χ0v) is 16.8. The molecule has 0 spiro atoms. The van der Waals surface area contributed by atoms with Gasteiger partial charge in [-0.25, -0.2) is 17.2 Å². The molecule has 0 aliphatic carbocycles. The molecule has 0 heterocycles. The minimum atomic E-state index is -4.48. The van der Waals surface area contributed by atoms with Gasteiger partial charge in [-0.3, -0.25) is 0 Å². The van der Waals surface area contributed by atoms with E-state index in [1.807, 2.05) is 27.7 Å². The predicted octanol–water partition coefficient (Wildman–Crippen LogP) is 5.26. The molecule has 0 saturated carbocycles. The smallest absolute Gasteiger partial charge is 0.219 e. The predicted molar refractivity (Wildman–Crippen MR) is 103 cm³/mol. The van der Waals surface area contributed by atoms with Gasteiger partial charge in [-0.15, -0.1) is 0 Å². The average molecular weight is 405 g/mol. The van der Waals surface area contributed by atoms with Crippen molar-refractivity contribution in [2.45, 2.75) is 44.4 Å². The van der Waals surface area contributed by atoms with Gasteiger partial charge >= 0.3 is 0 Å². The normalized spacial score (nSPS) is 12.5. The molecule has 0 unspecified atom stereocenters. The molecule has 28 heavy (non-hydrogen) atoms. The van der Waals surface area contributed by atoms with Crippen molar-refractivity contribution in [3.05, 3.63) is 63.6 Å². The molecule has 0 aromatic heterocycles. The summed E-state index contributed by atoms with van der Waals surface area (Å²) in [6.07, 6.45) is 1.13. The van der Waals surface area contributed by atoms with Crippen LogP contribution in [0.2, 0.25) is 0 Å². The van der Waals surface area contributed by atoms with Gasteiger partial charge in [0.15, 0.2) is 0 Å². The quantitative estimate of drug-likeness (QED) is 0.544. The molecule has 0 fully saturated rings. The van der Waals surface area contributed by atoms with Crippen molar-refractivity contribution < 1.29 is 22.3 Å². The number of nitrogens with zero attached hydrogens (tertiary/aromatic N) is 1. The lowest BCUT2D eigenvalue weighted by atomic mass is 9.91. The number of sulfone groups is 1. The first-order valence-corrected chi connectivity index (χ1v) is 10.2. The molecular weight excluding hydrogens is 384 g/mol. The van der Waals surface area contributed by atoms with Gasteiger partial charge in [0.05, 0.1) is 0 Å². The maximum Gasteiger partial charge on any atom is 0.219 e. The fraction of sp³-hybridized carbons (Fsp3) is 0.286. The van der Waals surface area contributed by atoms with E-state index >= 15 is 0 Å². The first-order valence-electron chi connectivity index (χ1n) is 8.67. The van der Waals surface area contributed by atoms with E-state index in [0.717, 1.165) is 18.2 Å². The number of hydrogen-bond acceptors (Lipinski definition) is 4. The molecule has 2 aromatic carbocycles. The summed E-state index contributed by atoms with van der Waals surface area (Å²) >= 11 is 0. The first kappa shape index (κ1) is 21.6. The number of hydrogen-bond donors (Lipinski definition) is 1. The average Bonchev–Trinajstić information content (AvgIpc) is 2.59. The topological polar surface area (TPSA) is 78.2 Å². The van der Waals surface area contributed by atoms with E-state index in [-0.39, 0.29) is 17.6 Å². The third kappa shape index (κ3) is 4.23. The van der Waals surface area contributed by atoms with Crippen LogP contribution in [0, 0.1) is 23.0 Å². The Morgan fingerprint density at radius 2 is 1.61 bits per heavy atom. The summed E-state index contributed by atoms with van der Waals surface area (Å²) in [4.78, 5) is -1.44. The SMILES string of the molecule is CC(C)c1cc(/C=C(/C#N)S(=O)(=O)c2ccc(F)cc2F)cc(C(C)C)c1O. The maximum absolute atomic E-state index is 14.0. The van der Waals surface area contributed by atoms with Crippen LogP contribution in [-0.4, -0.2) is 13.5 Å². The second kappa shape index (κ2) is 8.11. The summed E-state index contributed by atoms with van der Waals surface area (Å²) in [5.41, 5.74) is 1.62. The van der Waals surface area contributed by atoms with Crippen LogP contribution in [0.15, 0.2) is 40.1 Å². The highest BCUT2D eigenvalue weighted by Crippen LogP contribution is 2.36. The molecule has 2 aromatic rings. The van der Waals surface area contributed by atoms with E-state index in [4.69, 9.17) is 0 Å². The molecule has 0 aliphatic heterocycles. The van der Waals surface area contributed by atoms with E-state index in [1.54, 1.807) is 18.2 Å². The zero-order valence-electron chi connectivity index (χ0n) is 16.0. The number of phenols is 1. The van der Waals surface area contributed by atoms with Crippen LogP contribution in [0.5, 0.6) is 5.75 Å². The van der Waals surface area contributed by atoms with E-state index < -0.39 is 31.3 Å². The van der Waals surface area contributed by atoms with Gasteiger partial charge in [0.2, 0.25) is 9.84 Å². The number of rotatable bonds is 5. The molecule has 0 atom stereocenters. The van der Waals surface area contributed by atoms with E-state index in [9.17, 15) is 27.6 Å². The van der Waals surface area contributed by atoms with Crippen LogP contribution in [0.3, 0.4) is 0 Å².